The van der Waals surface area contributed by atoms with Crippen molar-refractivity contribution in [3.05, 3.63) is 48.5 Å². The first-order valence-electron chi connectivity index (χ1n) is 10.1. The summed E-state index contributed by atoms with van der Waals surface area (Å²) < 4.78 is 10.9. The zero-order valence-corrected chi connectivity index (χ0v) is 17.2. The number of hydrogen-bond acceptors (Lipinski definition) is 5. The monoisotopic (exact) mass is 398 g/mol. The highest BCUT2D eigenvalue weighted by Crippen LogP contribution is 2.28. The third-order valence-electron chi connectivity index (χ3n) is 4.93. The number of benzene rings is 2. The molecule has 7 nitrogen and oxygen atoms in total. The number of ether oxygens (including phenoxy) is 2. The lowest BCUT2D eigenvalue weighted by Gasteiger charge is -2.36. The maximum atomic E-state index is 12.1. The van der Waals surface area contributed by atoms with E-state index in [1.54, 1.807) is 7.11 Å². The second-order valence-corrected chi connectivity index (χ2v) is 6.84. The van der Waals surface area contributed by atoms with Crippen LogP contribution in [-0.2, 0) is 0 Å². The van der Waals surface area contributed by atoms with E-state index in [0.29, 0.717) is 13.2 Å². The lowest BCUT2D eigenvalue weighted by Crippen LogP contribution is -2.48. The number of anilines is 2. The molecule has 2 aromatic carbocycles. The van der Waals surface area contributed by atoms with Gasteiger partial charge in [-0.25, -0.2) is 4.79 Å². The number of para-hydroxylation sites is 2. The van der Waals surface area contributed by atoms with E-state index in [2.05, 4.69) is 26.5 Å². The largest absolute Gasteiger partial charge is 0.495 e. The van der Waals surface area contributed by atoms with E-state index in [9.17, 15) is 4.79 Å². The fourth-order valence-electron chi connectivity index (χ4n) is 3.41. The van der Waals surface area contributed by atoms with Crippen molar-refractivity contribution in [3.63, 3.8) is 0 Å². The van der Waals surface area contributed by atoms with Gasteiger partial charge in [-0.1, -0.05) is 12.1 Å². The number of rotatable bonds is 8. The van der Waals surface area contributed by atoms with Crippen LogP contribution in [0.15, 0.2) is 48.5 Å². The van der Waals surface area contributed by atoms with E-state index in [1.165, 1.54) is 0 Å². The van der Waals surface area contributed by atoms with Gasteiger partial charge in [-0.3, -0.25) is 4.90 Å². The van der Waals surface area contributed by atoms with Crippen LogP contribution in [0.25, 0.3) is 0 Å². The molecule has 0 atom stereocenters. The average Bonchev–Trinajstić information content (AvgIpc) is 2.76. The van der Waals surface area contributed by atoms with Gasteiger partial charge in [-0.05, 0) is 43.3 Å². The number of methoxy groups -OCH3 is 1. The second kappa shape index (κ2) is 10.6. The van der Waals surface area contributed by atoms with Crippen molar-refractivity contribution < 1.29 is 14.3 Å². The Morgan fingerprint density at radius 2 is 1.76 bits per heavy atom. The summed E-state index contributed by atoms with van der Waals surface area (Å²) in [6, 6.07) is 15.3. The van der Waals surface area contributed by atoms with Gasteiger partial charge in [0.05, 0.1) is 19.4 Å². The van der Waals surface area contributed by atoms with Crippen LogP contribution in [0.4, 0.5) is 16.2 Å². The van der Waals surface area contributed by atoms with E-state index in [1.807, 2.05) is 49.4 Å². The molecule has 0 bridgehead atoms. The van der Waals surface area contributed by atoms with Crippen LogP contribution < -0.4 is 25.0 Å². The Kier molecular flexibility index (Phi) is 7.58. The average molecular weight is 399 g/mol. The molecule has 3 rings (SSSR count). The summed E-state index contributed by atoms with van der Waals surface area (Å²) in [7, 11) is 1.71. The molecule has 0 spiro atoms. The molecule has 1 fully saturated rings. The third-order valence-corrected chi connectivity index (χ3v) is 4.93. The van der Waals surface area contributed by atoms with Crippen LogP contribution in [0.5, 0.6) is 11.5 Å². The predicted molar refractivity (Wildman–Crippen MR) is 116 cm³/mol. The fraction of sp³-hybridized carbons (Fsp3) is 0.409. The van der Waals surface area contributed by atoms with Gasteiger partial charge in [0.2, 0.25) is 0 Å². The molecule has 0 aliphatic carbocycles. The molecule has 156 valence electrons. The van der Waals surface area contributed by atoms with Crippen LogP contribution in [0.1, 0.15) is 6.92 Å². The molecule has 1 aliphatic rings. The molecular weight excluding hydrogens is 368 g/mol. The van der Waals surface area contributed by atoms with Crippen LogP contribution in [0.3, 0.4) is 0 Å². The standard InChI is InChI=1S/C22H30N4O3/c1-3-29-19-10-8-18(9-11-19)24-22(27)23-12-13-25-14-16-26(17-15-25)20-6-4-5-7-21(20)28-2/h4-11H,3,12-17H2,1-2H3,(H2,23,24,27). The van der Waals surface area contributed by atoms with Crippen molar-refractivity contribution in [1.82, 2.24) is 10.2 Å². The number of carbonyl (C=O) groups is 1. The lowest BCUT2D eigenvalue weighted by atomic mass is 10.2. The number of amides is 2. The number of piperazine rings is 1. The smallest absolute Gasteiger partial charge is 0.319 e. The van der Waals surface area contributed by atoms with Crippen molar-refractivity contribution in [3.8, 4) is 11.5 Å². The quantitative estimate of drug-likeness (QED) is 0.716. The van der Waals surface area contributed by atoms with Crippen LogP contribution in [-0.4, -0.2) is 63.9 Å². The van der Waals surface area contributed by atoms with Gasteiger partial charge in [-0.2, -0.15) is 0 Å². The van der Waals surface area contributed by atoms with Gasteiger partial charge in [0.25, 0.3) is 0 Å². The molecule has 7 heteroatoms. The van der Waals surface area contributed by atoms with Gasteiger partial charge in [0, 0.05) is 45.0 Å². The number of urea groups is 1. The Hall–Kier alpha value is -2.93. The normalized spacial score (nSPS) is 14.3. The molecule has 29 heavy (non-hydrogen) atoms. The van der Waals surface area contributed by atoms with E-state index in [-0.39, 0.29) is 6.03 Å². The van der Waals surface area contributed by atoms with Crippen molar-refractivity contribution in [1.29, 1.82) is 0 Å². The maximum Gasteiger partial charge on any atom is 0.319 e. The summed E-state index contributed by atoms with van der Waals surface area (Å²) in [5, 5.41) is 5.77. The predicted octanol–water partition coefficient (Wildman–Crippen LogP) is 3.04. The van der Waals surface area contributed by atoms with Crippen LogP contribution >= 0.6 is 0 Å². The van der Waals surface area contributed by atoms with Crippen molar-refractivity contribution >= 4 is 17.4 Å². The van der Waals surface area contributed by atoms with Crippen molar-refractivity contribution in [2.75, 3.05) is 63.2 Å². The van der Waals surface area contributed by atoms with E-state index < -0.39 is 0 Å². The van der Waals surface area contributed by atoms with Crippen molar-refractivity contribution in [2.45, 2.75) is 6.92 Å². The van der Waals surface area contributed by atoms with Crippen LogP contribution in [0.2, 0.25) is 0 Å². The molecule has 0 saturated carbocycles. The van der Waals surface area contributed by atoms with Gasteiger partial charge in [-0.15, -0.1) is 0 Å². The first-order chi connectivity index (χ1) is 14.2. The Balaban J connectivity index is 1.36. The summed E-state index contributed by atoms with van der Waals surface area (Å²) in [6.07, 6.45) is 0. The number of carbonyl (C=O) groups excluding carboxylic acids is 1. The Morgan fingerprint density at radius 3 is 2.45 bits per heavy atom. The molecule has 1 aliphatic heterocycles. The molecule has 1 heterocycles. The number of nitrogens with zero attached hydrogens (tertiary/aromatic N) is 2. The highest BCUT2D eigenvalue weighted by molar-refractivity contribution is 5.89. The van der Waals surface area contributed by atoms with E-state index in [0.717, 1.165) is 55.6 Å². The Morgan fingerprint density at radius 1 is 1.03 bits per heavy atom. The highest BCUT2D eigenvalue weighted by Gasteiger charge is 2.19. The summed E-state index contributed by atoms with van der Waals surface area (Å²) in [5.41, 5.74) is 1.89. The maximum absolute atomic E-state index is 12.1. The molecular formula is C22H30N4O3. The third kappa shape index (κ3) is 6.02. The summed E-state index contributed by atoms with van der Waals surface area (Å²) >= 11 is 0. The van der Waals surface area contributed by atoms with Crippen LogP contribution in [0, 0.1) is 0 Å². The summed E-state index contributed by atoms with van der Waals surface area (Å²) in [6.45, 7) is 7.81. The van der Waals surface area contributed by atoms with Gasteiger partial charge in [0.15, 0.2) is 0 Å². The van der Waals surface area contributed by atoms with Gasteiger partial charge >= 0.3 is 6.03 Å². The zero-order valence-electron chi connectivity index (χ0n) is 17.2. The van der Waals surface area contributed by atoms with Gasteiger partial charge < -0.3 is 25.0 Å². The minimum atomic E-state index is -0.193. The van der Waals surface area contributed by atoms with E-state index in [4.69, 9.17) is 9.47 Å². The second-order valence-electron chi connectivity index (χ2n) is 6.84. The Labute approximate surface area is 172 Å². The molecule has 2 amide bonds. The number of hydrogen-bond donors (Lipinski definition) is 2. The molecule has 1 saturated heterocycles. The first kappa shape index (κ1) is 20.8. The molecule has 0 radical (unpaired) electrons. The zero-order chi connectivity index (χ0) is 20.5. The minimum absolute atomic E-state index is 0.193. The fourth-order valence-corrected chi connectivity index (χ4v) is 3.41. The Bertz CT molecular complexity index is 774. The number of nitrogens with one attached hydrogen (secondary N) is 2. The minimum Gasteiger partial charge on any atom is -0.495 e. The summed E-state index contributed by atoms with van der Waals surface area (Å²) in [4.78, 5) is 16.8. The molecule has 2 aromatic rings. The molecule has 2 N–H and O–H groups in total. The van der Waals surface area contributed by atoms with Gasteiger partial charge in [0.1, 0.15) is 11.5 Å². The SMILES string of the molecule is CCOc1ccc(NC(=O)NCCN2CCN(c3ccccc3OC)CC2)cc1. The van der Waals surface area contributed by atoms with E-state index >= 15 is 0 Å². The highest BCUT2D eigenvalue weighted by atomic mass is 16.5. The topological polar surface area (TPSA) is 66.1 Å². The van der Waals surface area contributed by atoms with Crippen molar-refractivity contribution in [2.24, 2.45) is 0 Å². The summed E-state index contributed by atoms with van der Waals surface area (Å²) in [5.74, 6) is 1.71. The molecule has 0 aromatic heterocycles. The molecule has 0 unspecified atom stereocenters. The lowest BCUT2D eigenvalue weighted by molar-refractivity contribution is 0.240. The first-order valence-corrected chi connectivity index (χ1v) is 10.1.